The summed E-state index contributed by atoms with van der Waals surface area (Å²) >= 11 is 0. The van der Waals surface area contributed by atoms with Gasteiger partial charge in [-0.15, -0.1) is 0 Å². The molecule has 0 spiro atoms. The fourth-order valence-corrected chi connectivity index (χ4v) is 1.97. The number of hydrogen-bond donors (Lipinski definition) is 2. The van der Waals surface area contributed by atoms with Crippen molar-refractivity contribution in [3.05, 3.63) is 65.5 Å². The summed E-state index contributed by atoms with van der Waals surface area (Å²) < 4.78 is 18.2. The second kappa shape index (κ2) is 8.58. The molecule has 0 fully saturated rings. The van der Waals surface area contributed by atoms with E-state index in [4.69, 9.17) is 4.74 Å². The minimum absolute atomic E-state index is 0.0687. The molecule has 0 atom stereocenters. The number of urea groups is 1. The SMILES string of the molecule is CCc1ccc(C(=O)OCC(=O)NC(=O)Nc2ccccc2F)cc1. The van der Waals surface area contributed by atoms with E-state index < -0.39 is 30.3 Å². The Morgan fingerprint density at radius 1 is 1.04 bits per heavy atom. The van der Waals surface area contributed by atoms with Crippen LogP contribution in [0.2, 0.25) is 0 Å². The molecule has 2 aromatic carbocycles. The lowest BCUT2D eigenvalue weighted by molar-refractivity contribution is -0.123. The van der Waals surface area contributed by atoms with Crippen LogP contribution in [0, 0.1) is 5.82 Å². The fraction of sp³-hybridized carbons (Fsp3) is 0.167. The van der Waals surface area contributed by atoms with Crippen LogP contribution >= 0.6 is 0 Å². The van der Waals surface area contributed by atoms with Gasteiger partial charge in [0.1, 0.15) is 5.82 Å². The molecule has 0 aromatic heterocycles. The second-order valence-electron chi connectivity index (χ2n) is 5.11. The molecule has 130 valence electrons. The first-order valence-corrected chi connectivity index (χ1v) is 7.61. The average molecular weight is 344 g/mol. The number of carbonyl (C=O) groups is 3. The van der Waals surface area contributed by atoms with E-state index >= 15 is 0 Å². The predicted molar refractivity (Wildman–Crippen MR) is 89.7 cm³/mol. The van der Waals surface area contributed by atoms with E-state index in [0.29, 0.717) is 5.56 Å². The van der Waals surface area contributed by atoms with Gasteiger partial charge in [0.15, 0.2) is 6.61 Å². The highest BCUT2D eigenvalue weighted by molar-refractivity contribution is 6.02. The van der Waals surface area contributed by atoms with Gasteiger partial charge in [0.25, 0.3) is 5.91 Å². The van der Waals surface area contributed by atoms with E-state index in [1.807, 2.05) is 12.2 Å². The number of carbonyl (C=O) groups excluding carboxylic acids is 3. The molecular weight excluding hydrogens is 327 g/mol. The number of hydrogen-bond acceptors (Lipinski definition) is 4. The van der Waals surface area contributed by atoms with Crippen molar-refractivity contribution in [2.24, 2.45) is 0 Å². The Morgan fingerprint density at radius 3 is 2.36 bits per heavy atom. The van der Waals surface area contributed by atoms with Gasteiger partial charge in [-0.3, -0.25) is 10.1 Å². The lowest BCUT2D eigenvalue weighted by Gasteiger charge is -2.08. The average Bonchev–Trinajstić information content (AvgIpc) is 2.61. The smallest absolute Gasteiger partial charge is 0.338 e. The summed E-state index contributed by atoms with van der Waals surface area (Å²) in [6.07, 6.45) is 0.842. The van der Waals surface area contributed by atoms with E-state index in [1.165, 1.54) is 24.3 Å². The standard InChI is InChI=1S/C18H17FN2O4/c1-2-12-7-9-13(10-8-12)17(23)25-11-16(22)21-18(24)20-15-6-4-3-5-14(15)19/h3-10H,2,11H2,1H3,(H2,20,21,22,24). The monoisotopic (exact) mass is 344 g/mol. The van der Waals surface area contributed by atoms with Crippen LogP contribution in [-0.2, 0) is 16.0 Å². The van der Waals surface area contributed by atoms with Crippen LogP contribution in [0.15, 0.2) is 48.5 Å². The Morgan fingerprint density at radius 2 is 1.72 bits per heavy atom. The van der Waals surface area contributed by atoms with Gasteiger partial charge in [-0.1, -0.05) is 31.2 Å². The fourth-order valence-electron chi connectivity index (χ4n) is 1.97. The first-order chi connectivity index (χ1) is 12.0. The minimum Gasteiger partial charge on any atom is -0.452 e. The first kappa shape index (κ1) is 18.1. The van der Waals surface area contributed by atoms with E-state index in [1.54, 1.807) is 24.3 Å². The Balaban J connectivity index is 1.80. The Hall–Kier alpha value is -3.22. The lowest BCUT2D eigenvalue weighted by Crippen LogP contribution is -2.37. The van der Waals surface area contributed by atoms with Gasteiger partial charge in [0.2, 0.25) is 0 Å². The molecule has 0 heterocycles. The van der Waals surface area contributed by atoms with Crippen molar-refractivity contribution in [1.82, 2.24) is 5.32 Å². The van der Waals surface area contributed by atoms with Crippen molar-refractivity contribution < 1.29 is 23.5 Å². The van der Waals surface area contributed by atoms with Crippen LogP contribution in [0.3, 0.4) is 0 Å². The summed E-state index contributed by atoms with van der Waals surface area (Å²) in [4.78, 5) is 35.0. The molecule has 2 N–H and O–H groups in total. The molecular formula is C18H17FN2O4. The van der Waals surface area contributed by atoms with Gasteiger partial charge in [0.05, 0.1) is 11.3 Å². The van der Waals surface area contributed by atoms with Gasteiger partial charge < -0.3 is 10.1 Å². The van der Waals surface area contributed by atoms with Crippen molar-refractivity contribution in [3.63, 3.8) is 0 Å². The number of aryl methyl sites for hydroxylation is 1. The van der Waals surface area contributed by atoms with Crippen LogP contribution in [0.5, 0.6) is 0 Å². The maximum absolute atomic E-state index is 13.4. The molecule has 0 aliphatic rings. The molecule has 0 radical (unpaired) electrons. The molecule has 0 saturated carbocycles. The number of ether oxygens (including phenoxy) is 1. The first-order valence-electron chi connectivity index (χ1n) is 7.61. The maximum Gasteiger partial charge on any atom is 0.338 e. The number of nitrogens with one attached hydrogen (secondary N) is 2. The van der Waals surface area contributed by atoms with Gasteiger partial charge in [0, 0.05) is 0 Å². The van der Waals surface area contributed by atoms with Crippen molar-refractivity contribution in [1.29, 1.82) is 0 Å². The molecule has 0 saturated heterocycles. The highest BCUT2D eigenvalue weighted by Gasteiger charge is 2.13. The second-order valence-corrected chi connectivity index (χ2v) is 5.11. The van der Waals surface area contributed by atoms with E-state index in [9.17, 15) is 18.8 Å². The number of halogens is 1. The summed E-state index contributed by atoms with van der Waals surface area (Å²) in [5.74, 6) is -2.13. The van der Waals surface area contributed by atoms with Gasteiger partial charge >= 0.3 is 12.0 Å². The summed E-state index contributed by atoms with van der Waals surface area (Å²) in [6, 6.07) is 11.4. The summed E-state index contributed by atoms with van der Waals surface area (Å²) in [5.41, 5.74) is 1.31. The van der Waals surface area contributed by atoms with Gasteiger partial charge in [-0.2, -0.15) is 0 Å². The van der Waals surface area contributed by atoms with E-state index in [0.717, 1.165) is 12.0 Å². The molecule has 6 nitrogen and oxygen atoms in total. The predicted octanol–water partition coefficient (Wildman–Crippen LogP) is 2.89. The number of amides is 3. The quantitative estimate of drug-likeness (QED) is 0.817. The zero-order chi connectivity index (χ0) is 18.2. The lowest BCUT2D eigenvalue weighted by atomic mass is 10.1. The Kier molecular flexibility index (Phi) is 6.22. The highest BCUT2D eigenvalue weighted by atomic mass is 19.1. The minimum atomic E-state index is -0.918. The van der Waals surface area contributed by atoms with Crippen LogP contribution in [0.4, 0.5) is 14.9 Å². The summed E-state index contributed by atoms with van der Waals surface area (Å²) in [7, 11) is 0. The van der Waals surface area contributed by atoms with Crippen LogP contribution < -0.4 is 10.6 Å². The van der Waals surface area contributed by atoms with Crippen molar-refractivity contribution in [3.8, 4) is 0 Å². The molecule has 0 unspecified atom stereocenters. The third-order valence-electron chi connectivity index (χ3n) is 3.31. The van der Waals surface area contributed by atoms with Gasteiger partial charge in [-0.25, -0.2) is 14.0 Å². The van der Waals surface area contributed by atoms with Crippen LogP contribution in [-0.4, -0.2) is 24.5 Å². The topological polar surface area (TPSA) is 84.5 Å². The van der Waals surface area contributed by atoms with Crippen LogP contribution in [0.25, 0.3) is 0 Å². The number of para-hydroxylation sites is 1. The van der Waals surface area contributed by atoms with Crippen molar-refractivity contribution in [2.45, 2.75) is 13.3 Å². The number of rotatable bonds is 5. The third-order valence-corrected chi connectivity index (χ3v) is 3.31. The molecule has 25 heavy (non-hydrogen) atoms. The zero-order valence-electron chi connectivity index (χ0n) is 13.5. The molecule has 3 amide bonds. The zero-order valence-corrected chi connectivity index (χ0v) is 13.5. The number of anilines is 1. The number of benzene rings is 2. The Bertz CT molecular complexity index is 775. The summed E-state index contributed by atoms with van der Waals surface area (Å²) in [5, 5.41) is 4.13. The molecule has 2 aromatic rings. The largest absolute Gasteiger partial charge is 0.452 e. The molecule has 0 bridgehead atoms. The molecule has 0 aliphatic heterocycles. The maximum atomic E-state index is 13.4. The molecule has 0 aliphatic carbocycles. The third kappa shape index (κ3) is 5.42. The van der Waals surface area contributed by atoms with Crippen LogP contribution in [0.1, 0.15) is 22.8 Å². The highest BCUT2D eigenvalue weighted by Crippen LogP contribution is 2.11. The molecule has 2 rings (SSSR count). The summed E-state index contributed by atoms with van der Waals surface area (Å²) in [6.45, 7) is 1.36. The normalized spacial score (nSPS) is 10.0. The van der Waals surface area contributed by atoms with Crippen molar-refractivity contribution >= 4 is 23.6 Å². The van der Waals surface area contributed by atoms with Crippen molar-refractivity contribution in [2.75, 3.05) is 11.9 Å². The van der Waals surface area contributed by atoms with E-state index in [-0.39, 0.29) is 5.69 Å². The Labute approximate surface area is 144 Å². The van der Waals surface area contributed by atoms with Gasteiger partial charge in [-0.05, 0) is 36.2 Å². The molecule has 7 heteroatoms. The number of imide groups is 1. The number of esters is 1. The van der Waals surface area contributed by atoms with E-state index in [2.05, 4.69) is 5.32 Å².